The molecule has 1 rings (SSSR count). The molecule has 1 aromatic carbocycles. The highest BCUT2D eigenvalue weighted by molar-refractivity contribution is 5.65. The Kier molecular flexibility index (Phi) is 11.0. The Balaban J connectivity index is 2.25. The van der Waals surface area contributed by atoms with Gasteiger partial charge in [-0.25, -0.2) is 0 Å². The first-order valence-electron chi connectivity index (χ1n) is 9.17. The number of rotatable bonds is 13. The fourth-order valence-electron chi connectivity index (χ4n) is 2.74. The molecule has 0 saturated heterocycles. The highest BCUT2D eigenvalue weighted by Crippen LogP contribution is 2.15. The highest BCUT2D eigenvalue weighted by atomic mass is 16.5. The molecule has 0 saturated carbocycles. The molecule has 3 heteroatoms. The SMILES string of the molecule is CCCCCCCCCCN(CCOC(C)=O)c1ccccc1. The summed E-state index contributed by atoms with van der Waals surface area (Å²) >= 11 is 0. The minimum atomic E-state index is -0.204. The average molecular weight is 319 g/mol. The van der Waals surface area contributed by atoms with E-state index >= 15 is 0 Å². The fourth-order valence-corrected chi connectivity index (χ4v) is 2.74. The smallest absolute Gasteiger partial charge is 0.302 e. The summed E-state index contributed by atoms with van der Waals surface area (Å²) in [5, 5.41) is 0. The van der Waals surface area contributed by atoms with E-state index in [1.165, 1.54) is 64.0 Å². The molecule has 0 atom stereocenters. The fraction of sp³-hybridized carbons (Fsp3) is 0.650. The van der Waals surface area contributed by atoms with Crippen LogP contribution in [0.1, 0.15) is 65.2 Å². The molecule has 0 heterocycles. The van der Waals surface area contributed by atoms with E-state index in [2.05, 4.69) is 36.1 Å². The quantitative estimate of drug-likeness (QED) is 0.370. The molecule has 0 unspecified atom stereocenters. The molecule has 0 N–H and O–H groups in total. The lowest BCUT2D eigenvalue weighted by Gasteiger charge is -2.24. The molecule has 0 aromatic heterocycles. The molecule has 0 aliphatic rings. The zero-order chi connectivity index (χ0) is 16.8. The van der Waals surface area contributed by atoms with Gasteiger partial charge in [-0.1, -0.05) is 70.1 Å². The molecule has 0 bridgehead atoms. The van der Waals surface area contributed by atoms with Crippen molar-refractivity contribution in [1.82, 2.24) is 0 Å². The largest absolute Gasteiger partial charge is 0.464 e. The number of unbranched alkanes of at least 4 members (excludes halogenated alkanes) is 7. The summed E-state index contributed by atoms with van der Waals surface area (Å²) < 4.78 is 5.10. The molecule has 0 aliphatic carbocycles. The van der Waals surface area contributed by atoms with E-state index in [0.717, 1.165) is 13.1 Å². The van der Waals surface area contributed by atoms with E-state index < -0.39 is 0 Å². The summed E-state index contributed by atoms with van der Waals surface area (Å²) in [4.78, 5) is 13.2. The van der Waals surface area contributed by atoms with Crippen LogP contribution in [0.3, 0.4) is 0 Å². The lowest BCUT2D eigenvalue weighted by Crippen LogP contribution is -2.29. The minimum Gasteiger partial charge on any atom is -0.464 e. The highest BCUT2D eigenvalue weighted by Gasteiger charge is 2.06. The first-order chi connectivity index (χ1) is 11.2. The predicted molar refractivity (Wildman–Crippen MR) is 97.9 cm³/mol. The van der Waals surface area contributed by atoms with Crippen molar-refractivity contribution in [2.45, 2.75) is 65.2 Å². The van der Waals surface area contributed by atoms with Crippen LogP contribution in [0.4, 0.5) is 5.69 Å². The first kappa shape index (κ1) is 19.5. The molecule has 0 amide bonds. The van der Waals surface area contributed by atoms with Crippen LogP contribution in [0.2, 0.25) is 0 Å². The zero-order valence-electron chi connectivity index (χ0n) is 14.9. The van der Waals surface area contributed by atoms with Crippen LogP contribution in [0, 0.1) is 0 Å². The summed E-state index contributed by atoms with van der Waals surface area (Å²) in [7, 11) is 0. The van der Waals surface area contributed by atoms with Crippen LogP contribution in [0.5, 0.6) is 0 Å². The lowest BCUT2D eigenvalue weighted by atomic mass is 10.1. The van der Waals surface area contributed by atoms with Gasteiger partial charge in [0.15, 0.2) is 0 Å². The third-order valence-corrected chi connectivity index (χ3v) is 4.07. The van der Waals surface area contributed by atoms with Gasteiger partial charge in [0.1, 0.15) is 6.61 Å². The van der Waals surface area contributed by atoms with Crippen molar-refractivity contribution in [3.63, 3.8) is 0 Å². The van der Waals surface area contributed by atoms with Gasteiger partial charge in [0, 0.05) is 19.2 Å². The third-order valence-electron chi connectivity index (χ3n) is 4.07. The van der Waals surface area contributed by atoms with Crippen molar-refractivity contribution >= 4 is 11.7 Å². The third kappa shape index (κ3) is 9.98. The lowest BCUT2D eigenvalue weighted by molar-refractivity contribution is -0.140. The van der Waals surface area contributed by atoms with Crippen LogP contribution < -0.4 is 4.90 Å². The van der Waals surface area contributed by atoms with Crippen molar-refractivity contribution < 1.29 is 9.53 Å². The van der Waals surface area contributed by atoms with Crippen molar-refractivity contribution in [2.75, 3.05) is 24.6 Å². The number of carbonyl (C=O) groups is 1. The topological polar surface area (TPSA) is 29.5 Å². The van der Waals surface area contributed by atoms with Crippen molar-refractivity contribution in [2.24, 2.45) is 0 Å². The maximum absolute atomic E-state index is 10.9. The van der Waals surface area contributed by atoms with Gasteiger partial charge in [0.25, 0.3) is 0 Å². The van der Waals surface area contributed by atoms with E-state index in [4.69, 9.17) is 4.74 Å². The van der Waals surface area contributed by atoms with Crippen LogP contribution in [0.15, 0.2) is 30.3 Å². The minimum absolute atomic E-state index is 0.204. The normalized spacial score (nSPS) is 10.5. The number of esters is 1. The second-order valence-electron chi connectivity index (χ2n) is 6.14. The average Bonchev–Trinajstić information content (AvgIpc) is 2.56. The van der Waals surface area contributed by atoms with E-state index in [1.807, 2.05) is 6.07 Å². The Morgan fingerprint density at radius 3 is 2.13 bits per heavy atom. The first-order valence-corrected chi connectivity index (χ1v) is 9.17. The second kappa shape index (κ2) is 13.0. The molecular weight excluding hydrogens is 286 g/mol. The summed E-state index contributed by atoms with van der Waals surface area (Å²) in [6, 6.07) is 10.4. The van der Waals surface area contributed by atoms with Gasteiger partial charge in [-0.15, -0.1) is 0 Å². The Morgan fingerprint density at radius 2 is 1.52 bits per heavy atom. The van der Waals surface area contributed by atoms with Crippen LogP contribution in [0.25, 0.3) is 0 Å². The van der Waals surface area contributed by atoms with E-state index in [0.29, 0.717) is 6.61 Å². The van der Waals surface area contributed by atoms with Crippen LogP contribution in [-0.4, -0.2) is 25.7 Å². The van der Waals surface area contributed by atoms with Gasteiger partial charge in [0.05, 0.1) is 6.54 Å². The van der Waals surface area contributed by atoms with Crippen molar-refractivity contribution in [3.8, 4) is 0 Å². The molecule has 3 nitrogen and oxygen atoms in total. The van der Waals surface area contributed by atoms with Crippen molar-refractivity contribution in [3.05, 3.63) is 30.3 Å². The Bertz CT molecular complexity index is 405. The number of anilines is 1. The zero-order valence-corrected chi connectivity index (χ0v) is 14.9. The van der Waals surface area contributed by atoms with Gasteiger partial charge in [-0.2, -0.15) is 0 Å². The number of carbonyl (C=O) groups excluding carboxylic acids is 1. The monoisotopic (exact) mass is 319 g/mol. The van der Waals surface area contributed by atoms with Gasteiger partial charge in [-0.05, 0) is 18.6 Å². The van der Waals surface area contributed by atoms with Crippen molar-refractivity contribution in [1.29, 1.82) is 0 Å². The van der Waals surface area contributed by atoms with E-state index in [1.54, 1.807) is 0 Å². The number of ether oxygens (including phenoxy) is 1. The second-order valence-corrected chi connectivity index (χ2v) is 6.14. The maximum atomic E-state index is 10.9. The summed E-state index contributed by atoms with van der Waals surface area (Å²) in [5.74, 6) is -0.204. The molecule has 0 fully saturated rings. The summed E-state index contributed by atoms with van der Waals surface area (Å²) in [6.07, 6.45) is 10.6. The summed E-state index contributed by atoms with van der Waals surface area (Å²) in [5.41, 5.74) is 1.21. The van der Waals surface area contributed by atoms with Crippen LogP contribution in [-0.2, 0) is 9.53 Å². The van der Waals surface area contributed by atoms with Gasteiger partial charge >= 0.3 is 5.97 Å². The Morgan fingerprint density at radius 1 is 0.913 bits per heavy atom. The number of hydrogen-bond acceptors (Lipinski definition) is 3. The molecule has 0 aliphatic heterocycles. The van der Waals surface area contributed by atoms with E-state index in [-0.39, 0.29) is 5.97 Å². The Hall–Kier alpha value is -1.51. The molecule has 0 radical (unpaired) electrons. The standard InChI is InChI=1S/C20H33NO2/c1-3-4-5-6-7-8-9-13-16-21(17-18-23-19(2)22)20-14-11-10-12-15-20/h10-12,14-15H,3-9,13,16-18H2,1-2H3. The molecule has 1 aromatic rings. The number of hydrogen-bond donors (Lipinski definition) is 0. The molecule has 0 spiro atoms. The maximum Gasteiger partial charge on any atom is 0.302 e. The Labute approximate surface area is 142 Å². The van der Waals surface area contributed by atoms with E-state index in [9.17, 15) is 4.79 Å². The molecule has 130 valence electrons. The number of para-hydroxylation sites is 1. The summed E-state index contributed by atoms with van der Waals surface area (Å²) in [6.45, 7) is 5.97. The van der Waals surface area contributed by atoms with Gasteiger partial charge in [0.2, 0.25) is 0 Å². The van der Waals surface area contributed by atoms with Gasteiger partial charge < -0.3 is 9.64 Å². The van der Waals surface area contributed by atoms with Crippen LogP contribution >= 0.6 is 0 Å². The molecule has 23 heavy (non-hydrogen) atoms. The number of nitrogens with zero attached hydrogens (tertiary/aromatic N) is 1. The molecular formula is C20H33NO2. The predicted octanol–water partition coefficient (Wildman–Crippen LogP) is 5.20. The van der Waals surface area contributed by atoms with Gasteiger partial charge in [-0.3, -0.25) is 4.79 Å². The number of benzene rings is 1.